The van der Waals surface area contributed by atoms with E-state index in [2.05, 4.69) is 26.0 Å². The maximum Gasteiger partial charge on any atom is 0.285 e. The Balaban J connectivity index is 0.000000268. The van der Waals surface area contributed by atoms with E-state index < -0.39 is 12.5 Å². The van der Waals surface area contributed by atoms with Gasteiger partial charge in [0.15, 0.2) is 6.61 Å². The van der Waals surface area contributed by atoms with Crippen LogP contribution >= 0.6 is 0 Å². The molecular weight excluding hydrogens is 394 g/mol. The molecule has 0 amide bonds. The lowest BCUT2D eigenvalue weighted by Crippen LogP contribution is -2.33. The number of ether oxygens (including phenoxy) is 2. The van der Waals surface area contributed by atoms with Crippen molar-refractivity contribution in [3.05, 3.63) is 57.6 Å². The van der Waals surface area contributed by atoms with Gasteiger partial charge in [0.1, 0.15) is 11.5 Å². The quantitative estimate of drug-likeness (QED) is 0.419. The second-order valence-corrected chi connectivity index (χ2v) is 7.60. The summed E-state index contributed by atoms with van der Waals surface area (Å²) in [5.74, 6) is -0.995. The van der Waals surface area contributed by atoms with Crippen LogP contribution in [0.15, 0.2) is 24.3 Å². The average molecular weight is 435 g/mol. The molecule has 4 rings (SSSR count). The molecule has 0 fully saturated rings. The van der Waals surface area contributed by atoms with Gasteiger partial charge in [0, 0.05) is 12.0 Å². The Kier molecular flexibility index (Phi) is 11.0. The molecule has 0 bridgehead atoms. The van der Waals surface area contributed by atoms with E-state index in [4.69, 9.17) is 9.47 Å². The van der Waals surface area contributed by atoms with Crippen molar-refractivity contribution < 1.29 is 18.3 Å². The molecule has 2 nitrogen and oxygen atoms in total. The topological polar surface area (TPSA) is 18.5 Å². The molecule has 0 unspecified atom stereocenters. The summed E-state index contributed by atoms with van der Waals surface area (Å²) in [4.78, 5) is 0. The summed E-state index contributed by atoms with van der Waals surface area (Å²) in [7, 11) is 0. The first-order valence-electron chi connectivity index (χ1n) is 11.6. The highest BCUT2D eigenvalue weighted by molar-refractivity contribution is 5.46. The molecule has 174 valence electrons. The maximum absolute atomic E-state index is 13.1. The molecule has 0 N–H and O–H groups in total. The zero-order valence-electron chi connectivity index (χ0n) is 20.6. The Hall–Kier alpha value is -2.10. The van der Waals surface area contributed by atoms with Gasteiger partial charge in [-0.15, -0.1) is 0 Å². The van der Waals surface area contributed by atoms with Crippen molar-refractivity contribution in [2.45, 2.75) is 87.0 Å². The highest BCUT2D eigenvalue weighted by Crippen LogP contribution is 2.35. The fraction of sp³-hybridized carbons (Fsp3) is 0.556. The SMILES string of the molecule is CC.CC.Cc1ccc2c(c1C)CC(F)(F)CO2.Cc1ccc2c(c1C)CCCCO2. The maximum atomic E-state index is 13.1. The number of rotatable bonds is 0. The minimum absolute atomic E-state index is 0.199. The smallest absolute Gasteiger partial charge is 0.285 e. The molecule has 31 heavy (non-hydrogen) atoms. The van der Waals surface area contributed by atoms with Gasteiger partial charge in [-0.05, 0) is 86.9 Å². The standard InChI is InChI=1S/C12H16O.C11H12F2O.2C2H6/c1-9-6-7-12-11(10(9)2)5-3-4-8-13-12;1-7-3-4-10-9(8(7)2)5-11(12,13)6-14-10;2*1-2/h6-7H,3-5,8H2,1-2H3;3-4H,5-6H2,1-2H3;2*1-2H3. The van der Waals surface area contributed by atoms with E-state index in [9.17, 15) is 8.78 Å². The van der Waals surface area contributed by atoms with E-state index in [1.807, 2.05) is 47.6 Å². The Labute approximate surface area is 188 Å². The zero-order chi connectivity index (χ0) is 23.6. The third-order valence-corrected chi connectivity index (χ3v) is 5.61. The Morgan fingerprint density at radius 3 is 1.81 bits per heavy atom. The summed E-state index contributed by atoms with van der Waals surface area (Å²) < 4.78 is 36.8. The number of hydrogen-bond donors (Lipinski definition) is 0. The van der Waals surface area contributed by atoms with Crippen LogP contribution in [0.3, 0.4) is 0 Å². The van der Waals surface area contributed by atoms with Gasteiger partial charge in [-0.25, -0.2) is 8.78 Å². The summed E-state index contributed by atoms with van der Waals surface area (Å²) in [6, 6.07) is 7.94. The van der Waals surface area contributed by atoms with Gasteiger partial charge < -0.3 is 9.47 Å². The summed E-state index contributed by atoms with van der Waals surface area (Å²) in [6.07, 6.45) is 3.43. The van der Waals surface area contributed by atoms with Gasteiger partial charge >= 0.3 is 0 Å². The largest absolute Gasteiger partial charge is 0.493 e. The first-order chi connectivity index (χ1) is 14.8. The predicted octanol–water partition coefficient (Wildman–Crippen LogP) is 7.94. The molecule has 2 heterocycles. The Morgan fingerprint density at radius 1 is 0.710 bits per heavy atom. The molecule has 4 heteroatoms. The molecule has 2 aromatic rings. The van der Waals surface area contributed by atoms with Gasteiger partial charge in [-0.3, -0.25) is 0 Å². The number of benzene rings is 2. The Morgan fingerprint density at radius 2 is 1.23 bits per heavy atom. The molecule has 0 radical (unpaired) electrons. The zero-order valence-corrected chi connectivity index (χ0v) is 20.6. The van der Waals surface area contributed by atoms with Gasteiger partial charge in [0.05, 0.1) is 6.61 Å². The normalized spacial score (nSPS) is 15.4. The number of fused-ring (bicyclic) bond motifs is 2. The third-order valence-electron chi connectivity index (χ3n) is 5.61. The molecule has 0 aliphatic carbocycles. The van der Waals surface area contributed by atoms with Crippen LogP contribution in [0.25, 0.3) is 0 Å². The third kappa shape index (κ3) is 7.22. The molecule has 0 spiro atoms. The van der Waals surface area contributed by atoms with Crippen molar-refractivity contribution in [3.8, 4) is 11.5 Å². The van der Waals surface area contributed by atoms with E-state index in [0.717, 1.165) is 23.5 Å². The number of aryl methyl sites for hydroxylation is 2. The summed E-state index contributed by atoms with van der Waals surface area (Å²) in [5.41, 5.74) is 6.83. The van der Waals surface area contributed by atoms with Crippen molar-refractivity contribution in [1.82, 2.24) is 0 Å². The Bertz CT molecular complexity index is 828. The minimum atomic E-state index is -2.72. The second kappa shape index (κ2) is 12.7. The fourth-order valence-electron chi connectivity index (χ4n) is 3.58. The van der Waals surface area contributed by atoms with Gasteiger partial charge in [0.25, 0.3) is 5.92 Å². The molecule has 2 aliphatic rings. The lowest BCUT2D eigenvalue weighted by Gasteiger charge is -2.26. The van der Waals surface area contributed by atoms with E-state index in [0.29, 0.717) is 11.3 Å². The van der Waals surface area contributed by atoms with Crippen LogP contribution in [-0.4, -0.2) is 19.1 Å². The van der Waals surface area contributed by atoms with Crippen molar-refractivity contribution in [1.29, 1.82) is 0 Å². The fourth-order valence-corrected chi connectivity index (χ4v) is 3.58. The van der Waals surface area contributed by atoms with Crippen molar-refractivity contribution in [2.75, 3.05) is 13.2 Å². The van der Waals surface area contributed by atoms with Gasteiger partial charge in [-0.1, -0.05) is 39.8 Å². The average Bonchev–Trinajstić information content (AvgIpc) is 3.03. The predicted molar refractivity (Wildman–Crippen MR) is 127 cm³/mol. The van der Waals surface area contributed by atoms with Crippen LogP contribution < -0.4 is 9.47 Å². The van der Waals surface area contributed by atoms with Crippen LogP contribution in [0.1, 0.15) is 73.9 Å². The highest BCUT2D eigenvalue weighted by Gasteiger charge is 2.36. The molecule has 0 saturated heterocycles. The van der Waals surface area contributed by atoms with E-state index >= 15 is 0 Å². The number of hydrogen-bond acceptors (Lipinski definition) is 2. The lowest BCUT2D eigenvalue weighted by molar-refractivity contribution is -0.0516. The second-order valence-electron chi connectivity index (χ2n) is 7.60. The summed E-state index contributed by atoms with van der Waals surface area (Å²) in [6.45, 7) is 16.5. The van der Waals surface area contributed by atoms with Crippen LogP contribution in [0, 0.1) is 27.7 Å². The first kappa shape index (κ1) is 26.9. The van der Waals surface area contributed by atoms with E-state index in [1.165, 1.54) is 36.0 Å². The van der Waals surface area contributed by atoms with Crippen molar-refractivity contribution in [2.24, 2.45) is 0 Å². The highest BCUT2D eigenvalue weighted by atomic mass is 19.3. The number of halogens is 2. The van der Waals surface area contributed by atoms with Gasteiger partial charge in [0.2, 0.25) is 0 Å². The van der Waals surface area contributed by atoms with Crippen LogP contribution in [0.4, 0.5) is 8.78 Å². The van der Waals surface area contributed by atoms with E-state index in [1.54, 1.807) is 6.07 Å². The molecule has 2 aliphatic heterocycles. The van der Waals surface area contributed by atoms with Crippen LogP contribution in [0.2, 0.25) is 0 Å². The van der Waals surface area contributed by atoms with Crippen molar-refractivity contribution >= 4 is 0 Å². The van der Waals surface area contributed by atoms with Gasteiger partial charge in [-0.2, -0.15) is 0 Å². The van der Waals surface area contributed by atoms with Crippen LogP contribution in [0.5, 0.6) is 11.5 Å². The summed E-state index contributed by atoms with van der Waals surface area (Å²) in [5, 5.41) is 0. The molecule has 0 atom stereocenters. The monoisotopic (exact) mass is 434 g/mol. The molecule has 2 aromatic carbocycles. The van der Waals surface area contributed by atoms with Crippen molar-refractivity contribution in [3.63, 3.8) is 0 Å². The molecular formula is C27H40F2O2. The van der Waals surface area contributed by atoms with Crippen LogP contribution in [-0.2, 0) is 12.8 Å². The number of alkyl halides is 2. The summed E-state index contributed by atoms with van der Waals surface area (Å²) >= 11 is 0. The lowest BCUT2D eigenvalue weighted by atomic mass is 9.95. The molecule has 0 saturated carbocycles. The first-order valence-corrected chi connectivity index (χ1v) is 11.6. The van der Waals surface area contributed by atoms with E-state index in [-0.39, 0.29) is 6.42 Å². The molecule has 0 aromatic heterocycles. The minimum Gasteiger partial charge on any atom is -0.493 e.